The van der Waals surface area contributed by atoms with E-state index >= 15 is 0 Å². The molecule has 4 heteroatoms. The van der Waals surface area contributed by atoms with Gasteiger partial charge < -0.3 is 15.2 Å². The predicted molar refractivity (Wildman–Crippen MR) is 92.1 cm³/mol. The molecule has 0 aromatic carbocycles. The van der Waals surface area contributed by atoms with E-state index in [1.807, 2.05) is 27.7 Å². The van der Waals surface area contributed by atoms with Gasteiger partial charge in [0.2, 0.25) is 0 Å². The first-order valence-corrected chi connectivity index (χ1v) is 8.53. The van der Waals surface area contributed by atoms with Crippen LogP contribution in [0.1, 0.15) is 80.6 Å². The third kappa shape index (κ3) is 8.86. The zero-order valence-electron chi connectivity index (χ0n) is 15.8. The quantitative estimate of drug-likeness (QED) is 0.556. The van der Waals surface area contributed by atoms with E-state index in [0.29, 0.717) is 19.6 Å². The zero-order chi connectivity index (χ0) is 17.4. The lowest BCUT2D eigenvalue weighted by molar-refractivity contribution is -0.179. The Balaban J connectivity index is 4.46. The summed E-state index contributed by atoms with van der Waals surface area (Å²) in [6, 6.07) is 0. The van der Waals surface area contributed by atoms with Gasteiger partial charge in [-0.25, -0.2) is 0 Å². The second-order valence-electron chi connectivity index (χ2n) is 7.84. The highest BCUT2D eigenvalue weighted by atomic mass is 16.6. The van der Waals surface area contributed by atoms with Crippen molar-refractivity contribution in [3.63, 3.8) is 0 Å². The van der Waals surface area contributed by atoms with E-state index in [4.69, 9.17) is 15.2 Å². The van der Waals surface area contributed by atoms with Gasteiger partial charge in [-0.1, -0.05) is 13.3 Å². The summed E-state index contributed by atoms with van der Waals surface area (Å²) < 4.78 is 12.1. The predicted octanol–water partition coefficient (Wildman–Crippen LogP) is 3.85. The number of ketones is 1. The normalized spacial score (nSPS) is 13.5. The van der Waals surface area contributed by atoms with Gasteiger partial charge in [0.05, 0.1) is 17.8 Å². The molecule has 0 atom stereocenters. The van der Waals surface area contributed by atoms with Crippen LogP contribution in [0.25, 0.3) is 0 Å². The van der Waals surface area contributed by atoms with Gasteiger partial charge in [0.25, 0.3) is 0 Å². The Morgan fingerprint density at radius 3 is 2.09 bits per heavy atom. The Morgan fingerprint density at radius 2 is 1.59 bits per heavy atom. The molecular weight excluding hydrogens is 278 g/mol. The molecule has 0 amide bonds. The summed E-state index contributed by atoms with van der Waals surface area (Å²) in [6.45, 7) is 15.1. The first kappa shape index (κ1) is 21.6. The second-order valence-corrected chi connectivity index (χ2v) is 7.84. The number of unbranched alkanes of at least 4 members (excludes halogenated alkanes) is 1. The second kappa shape index (κ2) is 8.99. The Hall–Kier alpha value is -0.450. The highest BCUT2D eigenvalue weighted by Gasteiger charge is 2.34. The molecule has 0 aliphatic heterocycles. The average Bonchev–Trinajstić information content (AvgIpc) is 2.35. The number of rotatable bonds is 12. The van der Waals surface area contributed by atoms with E-state index in [9.17, 15) is 4.79 Å². The summed E-state index contributed by atoms with van der Waals surface area (Å²) in [5.74, 6) is 0.129. The zero-order valence-corrected chi connectivity index (χ0v) is 15.8. The minimum atomic E-state index is -0.774. The van der Waals surface area contributed by atoms with Crippen molar-refractivity contribution in [1.29, 1.82) is 0 Å². The maximum Gasteiger partial charge on any atom is 0.164 e. The molecule has 0 fully saturated rings. The molecule has 0 saturated carbocycles. The highest BCUT2D eigenvalue weighted by Crippen LogP contribution is 2.26. The number of hydrogen-bond acceptors (Lipinski definition) is 4. The average molecular weight is 315 g/mol. The molecule has 22 heavy (non-hydrogen) atoms. The first-order valence-electron chi connectivity index (χ1n) is 8.53. The van der Waals surface area contributed by atoms with Crippen molar-refractivity contribution in [3.8, 4) is 0 Å². The molecule has 132 valence electrons. The molecule has 0 heterocycles. The Labute approximate surface area is 137 Å². The maximum atomic E-state index is 12.2. The van der Waals surface area contributed by atoms with Crippen LogP contribution in [0.2, 0.25) is 0 Å². The first-order chi connectivity index (χ1) is 9.96. The van der Waals surface area contributed by atoms with Crippen molar-refractivity contribution in [2.75, 3.05) is 13.2 Å². The van der Waals surface area contributed by atoms with E-state index in [0.717, 1.165) is 25.7 Å². The van der Waals surface area contributed by atoms with Crippen LogP contribution >= 0.6 is 0 Å². The van der Waals surface area contributed by atoms with E-state index in [2.05, 4.69) is 20.8 Å². The van der Waals surface area contributed by atoms with Crippen LogP contribution < -0.4 is 5.73 Å². The van der Waals surface area contributed by atoms with Crippen LogP contribution in [0.5, 0.6) is 0 Å². The number of carbonyl (C=O) groups excluding carboxylic acids is 1. The third-order valence-corrected chi connectivity index (χ3v) is 3.71. The lowest BCUT2D eigenvalue weighted by Gasteiger charge is -2.38. The fourth-order valence-corrected chi connectivity index (χ4v) is 2.60. The van der Waals surface area contributed by atoms with Gasteiger partial charge in [-0.05, 0) is 67.3 Å². The largest absolute Gasteiger partial charge is 0.367 e. The Kier molecular flexibility index (Phi) is 8.81. The van der Waals surface area contributed by atoms with E-state index in [1.54, 1.807) is 0 Å². The van der Waals surface area contributed by atoms with Crippen molar-refractivity contribution < 1.29 is 14.3 Å². The van der Waals surface area contributed by atoms with Crippen molar-refractivity contribution >= 4 is 5.78 Å². The third-order valence-electron chi connectivity index (χ3n) is 3.71. The van der Waals surface area contributed by atoms with E-state index < -0.39 is 11.2 Å². The van der Waals surface area contributed by atoms with Gasteiger partial charge in [0, 0.05) is 6.42 Å². The van der Waals surface area contributed by atoms with Crippen LogP contribution in [0.4, 0.5) is 0 Å². The molecule has 0 bridgehead atoms. The van der Waals surface area contributed by atoms with Gasteiger partial charge in [0.1, 0.15) is 5.60 Å². The number of carbonyl (C=O) groups is 1. The topological polar surface area (TPSA) is 61.5 Å². The molecule has 0 spiro atoms. The molecule has 4 nitrogen and oxygen atoms in total. The Bertz CT molecular complexity index is 335. The molecule has 0 radical (unpaired) electrons. The number of Topliss-reactive ketones (excluding diaryl/α,β-unsaturated/α-hetero) is 1. The Morgan fingerprint density at radius 1 is 1.00 bits per heavy atom. The maximum absolute atomic E-state index is 12.2. The lowest BCUT2D eigenvalue weighted by Crippen LogP contribution is -2.44. The summed E-state index contributed by atoms with van der Waals surface area (Å²) in [7, 11) is 0. The molecule has 0 saturated heterocycles. The number of nitrogens with two attached hydrogens (primary N) is 1. The summed E-state index contributed by atoms with van der Waals surface area (Å²) in [6.07, 6.45) is 4.30. The van der Waals surface area contributed by atoms with Crippen molar-refractivity contribution in [3.05, 3.63) is 0 Å². The van der Waals surface area contributed by atoms with Crippen molar-refractivity contribution in [1.82, 2.24) is 0 Å². The van der Waals surface area contributed by atoms with Gasteiger partial charge in [-0.15, -0.1) is 0 Å². The van der Waals surface area contributed by atoms with Crippen molar-refractivity contribution in [2.24, 2.45) is 5.73 Å². The van der Waals surface area contributed by atoms with Crippen LogP contribution in [0.15, 0.2) is 0 Å². The van der Waals surface area contributed by atoms with Crippen LogP contribution in [0, 0.1) is 0 Å². The molecule has 0 unspecified atom stereocenters. The molecule has 0 aromatic rings. The summed E-state index contributed by atoms with van der Waals surface area (Å²) in [5, 5.41) is 0. The lowest BCUT2D eigenvalue weighted by atomic mass is 9.97. The number of hydrogen-bond donors (Lipinski definition) is 1. The van der Waals surface area contributed by atoms with E-state index in [-0.39, 0.29) is 11.4 Å². The van der Waals surface area contributed by atoms with Gasteiger partial charge in [0.15, 0.2) is 5.78 Å². The fraction of sp³-hybridized carbons (Fsp3) is 0.944. The van der Waals surface area contributed by atoms with Crippen LogP contribution in [-0.2, 0) is 14.3 Å². The fourth-order valence-electron chi connectivity index (χ4n) is 2.60. The van der Waals surface area contributed by atoms with E-state index in [1.165, 1.54) is 0 Å². The molecule has 0 rings (SSSR count). The molecular formula is C18H37NO3. The van der Waals surface area contributed by atoms with Crippen molar-refractivity contribution in [2.45, 2.75) is 97.4 Å². The minimum absolute atomic E-state index is 0.129. The molecule has 0 aliphatic carbocycles. The summed E-state index contributed by atoms with van der Waals surface area (Å²) >= 11 is 0. The van der Waals surface area contributed by atoms with Crippen LogP contribution in [-0.4, -0.2) is 35.7 Å². The van der Waals surface area contributed by atoms with Gasteiger partial charge >= 0.3 is 0 Å². The SMILES string of the molecule is CCCC(C)(C)OC(C)(C)COC(C)(C)C(=O)CCCCN. The standard InChI is InChI=1S/C18H37NO3/c1-8-12-16(2,3)22-17(4,5)14-21-18(6,7)15(20)11-9-10-13-19/h8-14,19H2,1-7H3. The van der Waals surface area contributed by atoms with Gasteiger partial charge in [-0.2, -0.15) is 0 Å². The van der Waals surface area contributed by atoms with Crippen LogP contribution in [0.3, 0.4) is 0 Å². The monoisotopic (exact) mass is 315 g/mol. The van der Waals surface area contributed by atoms with Gasteiger partial charge in [-0.3, -0.25) is 4.79 Å². The number of ether oxygens (including phenoxy) is 2. The molecule has 0 aromatic heterocycles. The minimum Gasteiger partial charge on any atom is -0.367 e. The molecule has 0 aliphatic rings. The smallest absolute Gasteiger partial charge is 0.164 e. The highest BCUT2D eigenvalue weighted by molar-refractivity contribution is 5.86. The summed E-state index contributed by atoms with van der Waals surface area (Å²) in [4.78, 5) is 12.2. The summed E-state index contributed by atoms with van der Waals surface area (Å²) in [5.41, 5.74) is 4.08. The molecule has 2 N–H and O–H groups in total.